The maximum atomic E-state index is 11.5. The van der Waals surface area contributed by atoms with E-state index < -0.39 is 12.0 Å². The van der Waals surface area contributed by atoms with Gasteiger partial charge in [-0.15, -0.1) is 0 Å². The summed E-state index contributed by atoms with van der Waals surface area (Å²) in [6.07, 6.45) is 0.255. The van der Waals surface area contributed by atoms with Gasteiger partial charge in [0.2, 0.25) is 5.91 Å². The zero-order valence-electron chi connectivity index (χ0n) is 11.8. The Morgan fingerprint density at radius 3 is 2.11 bits per heavy atom. The first-order valence-corrected chi connectivity index (χ1v) is 6.23. The molecular formula is C12H24N2O5. The first-order chi connectivity index (χ1) is 9.01. The largest absolute Gasteiger partial charge is 0.480 e. The Labute approximate surface area is 113 Å². The molecule has 1 unspecified atom stereocenters. The summed E-state index contributed by atoms with van der Waals surface area (Å²) in [5, 5.41) is 11.1. The Hall–Kier alpha value is -1.18. The molecule has 2 N–H and O–H groups in total. The molecule has 0 aliphatic carbocycles. The summed E-state index contributed by atoms with van der Waals surface area (Å²) in [5.74, 6) is -1.31. The van der Waals surface area contributed by atoms with Gasteiger partial charge < -0.3 is 19.9 Å². The second-order valence-electron chi connectivity index (χ2n) is 4.20. The average Bonchev–Trinajstić information content (AvgIpc) is 2.37. The van der Waals surface area contributed by atoms with Crippen molar-refractivity contribution >= 4 is 11.9 Å². The molecule has 0 rings (SSSR count). The van der Waals surface area contributed by atoms with Crippen LogP contribution in [0.3, 0.4) is 0 Å². The zero-order valence-corrected chi connectivity index (χ0v) is 11.8. The van der Waals surface area contributed by atoms with Gasteiger partial charge in [-0.1, -0.05) is 0 Å². The van der Waals surface area contributed by atoms with Crippen LogP contribution in [0.2, 0.25) is 0 Å². The van der Waals surface area contributed by atoms with Crippen molar-refractivity contribution < 1.29 is 24.2 Å². The number of hydrogen-bond acceptors (Lipinski definition) is 5. The Kier molecular flexibility index (Phi) is 10.1. The number of amides is 1. The second-order valence-corrected chi connectivity index (χ2v) is 4.20. The van der Waals surface area contributed by atoms with E-state index in [-0.39, 0.29) is 12.3 Å². The van der Waals surface area contributed by atoms with Crippen LogP contribution in [0, 0.1) is 0 Å². The lowest BCUT2D eigenvalue weighted by atomic mass is 10.3. The molecule has 0 saturated carbocycles. The maximum absolute atomic E-state index is 11.5. The van der Waals surface area contributed by atoms with Crippen LogP contribution in [0.15, 0.2) is 0 Å². The first-order valence-electron chi connectivity index (χ1n) is 6.23. The zero-order chi connectivity index (χ0) is 14.7. The molecule has 7 heteroatoms. The van der Waals surface area contributed by atoms with Crippen LogP contribution in [-0.2, 0) is 19.1 Å². The van der Waals surface area contributed by atoms with Crippen molar-refractivity contribution in [3.8, 4) is 0 Å². The number of nitrogens with one attached hydrogen (secondary N) is 1. The number of carbonyl (C=O) groups excluding carboxylic acids is 1. The topological polar surface area (TPSA) is 88.1 Å². The molecule has 0 spiro atoms. The molecule has 0 bridgehead atoms. The summed E-state index contributed by atoms with van der Waals surface area (Å²) >= 11 is 0. The van der Waals surface area contributed by atoms with E-state index in [0.717, 1.165) is 0 Å². The van der Waals surface area contributed by atoms with E-state index in [0.29, 0.717) is 32.8 Å². The number of ether oxygens (including phenoxy) is 2. The number of carboxylic acids is 1. The molecule has 7 nitrogen and oxygen atoms in total. The number of hydrogen-bond donors (Lipinski definition) is 2. The summed E-state index contributed by atoms with van der Waals surface area (Å²) in [6, 6.07) is -0.862. The van der Waals surface area contributed by atoms with Gasteiger partial charge in [0, 0.05) is 40.3 Å². The highest BCUT2D eigenvalue weighted by atomic mass is 16.5. The van der Waals surface area contributed by atoms with E-state index in [1.165, 1.54) is 6.92 Å². The SMILES string of the molecule is COCCN(CCOC)CCC(=O)NC(C)C(=O)O. The van der Waals surface area contributed by atoms with Crippen LogP contribution in [0.1, 0.15) is 13.3 Å². The fourth-order valence-electron chi connectivity index (χ4n) is 1.41. The van der Waals surface area contributed by atoms with Gasteiger partial charge in [0.25, 0.3) is 0 Å². The molecule has 1 amide bonds. The third-order valence-electron chi connectivity index (χ3n) is 2.63. The summed E-state index contributed by atoms with van der Waals surface area (Å²) in [5.41, 5.74) is 0. The Balaban J connectivity index is 4.00. The first kappa shape index (κ1) is 17.8. The normalized spacial score (nSPS) is 12.4. The number of rotatable bonds is 11. The third-order valence-corrected chi connectivity index (χ3v) is 2.63. The molecule has 19 heavy (non-hydrogen) atoms. The van der Waals surface area contributed by atoms with E-state index in [9.17, 15) is 9.59 Å². The Morgan fingerprint density at radius 2 is 1.68 bits per heavy atom. The van der Waals surface area contributed by atoms with Crippen molar-refractivity contribution in [2.75, 3.05) is 47.1 Å². The van der Waals surface area contributed by atoms with Gasteiger partial charge in [-0.25, -0.2) is 0 Å². The molecule has 0 radical (unpaired) electrons. The highest BCUT2D eigenvalue weighted by Gasteiger charge is 2.14. The highest BCUT2D eigenvalue weighted by molar-refractivity contribution is 5.83. The fourth-order valence-corrected chi connectivity index (χ4v) is 1.41. The second kappa shape index (κ2) is 10.7. The van der Waals surface area contributed by atoms with Crippen molar-refractivity contribution in [2.24, 2.45) is 0 Å². The lowest BCUT2D eigenvalue weighted by molar-refractivity contribution is -0.141. The average molecular weight is 276 g/mol. The monoisotopic (exact) mass is 276 g/mol. The predicted octanol–water partition coefficient (Wildman–Crippen LogP) is -0.439. The van der Waals surface area contributed by atoms with E-state index >= 15 is 0 Å². The number of carbonyl (C=O) groups is 2. The van der Waals surface area contributed by atoms with Gasteiger partial charge in [0.15, 0.2) is 0 Å². The quantitative estimate of drug-likeness (QED) is 0.532. The van der Waals surface area contributed by atoms with Crippen LogP contribution < -0.4 is 5.32 Å². The molecule has 0 heterocycles. The molecule has 0 aromatic carbocycles. The molecule has 0 aromatic rings. The van der Waals surface area contributed by atoms with Crippen LogP contribution in [0.25, 0.3) is 0 Å². The molecular weight excluding hydrogens is 252 g/mol. The number of aliphatic carboxylic acids is 1. The van der Waals surface area contributed by atoms with Gasteiger partial charge in [0.05, 0.1) is 13.2 Å². The number of methoxy groups -OCH3 is 2. The van der Waals surface area contributed by atoms with Gasteiger partial charge >= 0.3 is 5.97 Å². The number of nitrogens with zero attached hydrogens (tertiary/aromatic N) is 1. The summed E-state index contributed by atoms with van der Waals surface area (Å²) < 4.78 is 9.99. The third kappa shape index (κ3) is 9.40. The molecule has 0 aliphatic rings. The van der Waals surface area contributed by atoms with Crippen LogP contribution in [0.5, 0.6) is 0 Å². The number of carboxylic acid groups (broad SMARTS) is 1. The summed E-state index contributed by atoms with van der Waals surface area (Å²) in [7, 11) is 3.24. The summed E-state index contributed by atoms with van der Waals surface area (Å²) in [4.78, 5) is 24.2. The molecule has 0 saturated heterocycles. The predicted molar refractivity (Wildman–Crippen MR) is 70.0 cm³/mol. The Morgan fingerprint density at radius 1 is 1.16 bits per heavy atom. The van der Waals surface area contributed by atoms with E-state index in [4.69, 9.17) is 14.6 Å². The van der Waals surface area contributed by atoms with E-state index in [1.807, 2.05) is 4.90 Å². The lowest BCUT2D eigenvalue weighted by Crippen LogP contribution is -2.40. The van der Waals surface area contributed by atoms with Gasteiger partial charge in [0.1, 0.15) is 6.04 Å². The highest BCUT2D eigenvalue weighted by Crippen LogP contribution is 1.94. The molecule has 1 atom stereocenters. The minimum atomic E-state index is -1.04. The van der Waals surface area contributed by atoms with Gasteiger partial charge in [-0.3, -0.25) is 14.5 Å². The van der Waals surface area contributed by atoms with Crippen molar-refractivity contribution in [1.29, 1.82) is 0 Å². The molecule has 0 fully saturated rings. The van der Waals surface area contributed by atoms with E-state index in [2.05, 4.69) is 5.32 Å². The standard InChI is InChI=1S/C12H24N2O5/c1-10(12(16)17)13-11(15)4-5-14(6-8-18-2)7-9-19-3/h10H,4-9H2,1-3H3,(H,13,15)(H,16,17). The minimum absolute atomic E-state index is 0.255. The van der Waals surface area contributed by atoms with Crippen molar-refractivity contribution in [2.45, 2.75) is 19.4 Å². The molecule has 0 aromatic heterocycles. The Bertz CT molecular complexity index is 265. The molecule has 112 valence electrons. The smallest absolute Gasteiger partial charge is 0.325 e. The van der Waals surface area contributed by atoms with Crippen molar-refractivity contribution in [1.82, 2.24) is 10.2 Å². The minimum Gasteiger partial charge on any atom is -0.480 e. The van der Waals surface area contributed by atoms with Crippen LogP contribution in [0.4, 0.5) is 0 Å². The van der Waals surface area contributed by atoms with Gasteiger partial charge in [-0.05, 0) is 6.92 Å². The van der Waals surface area contributed by atoms with E-state index in [1.54, 1.807) is 14.2 Å². The van der Waals surface area contributed by atoms with Crippen LogP contribution in [-0.4, -0.2) is 75.0 Å². The summed E-state index contributed by atoms with van der Waals surface area (Å²) in [6.45, 7) is 4.57. The fraction of sp³-hybridized carbons (Fsp3) is 0.833. The van der Waals surface area contributed by atoms with Crippen molar-refractivity contribution in [3.05, 3.63) is 0 Å². The molecule has 0 aliphatic heterocycles. The van der Waals surface area contributed by atoms with Crippen molar-refractivity contribution in [3.63, 3.8) is 0 Å². The van der Waals surface area contributed by atoms with Gasteiger partial charge in [-0.2, -0.15) is 0 Å². The lowest BCUT2D eigenvalue weighted by Gasteiger charge is -2.21. The van der Waals surface area contributed by atoms with Crippen LogP contribution >= 0.6 is 0 Å². The maximum Gasteiger partial charge on any atom is 0.325 e.